The van der Waals surface area contributed by atoms with Gasteiger partial charge in [0.25, 0.3) is 0 Å². The van der Waals surface area contributed by atoms with E-state index in [1.54, 1.807) is 0 Å². The lowest BCUT2D eigenvalue weighted by Crippen LogP contribution is -2.42. The number of hydrogen-bond acceptors (Lipinski definition) is 3. The van der Waals surface area contributed by atoms with E-state index in [-0.39, 0.29) is 24.0 Å². The molecule has 1 saturated heterocycles. The average molecular weight is 440 g/mol. The molecule has 0 aromatic carbocycles. The fourth-order valence-electron chi connectivity index (χ4n) is 2.91. The molecule has 2 N–H and O–H groups in total. The van der Waals surface area contributed by atoms with Crippen molar-refractivity contribution in [2.75, 3.05) is 38.5 Å². The van der Waals surface area contributed by atoms with E-state index in [4.69, 9.17) is 4.99 Å². The Bertz CT molecular complexity index is 341. The third kappa shape index (κ3) is 6.83. The second-order valence-corrected chi connectivity index (χ2v) is 8.07. The van der Waals surface area contributed by atoms with Gasteiger partial charge in [-0.3, -0.25) is 9.89 Å². The van der Waals surface area contributed by atoms with Crippen LogP contribution in [0.15, 0.2) is 4.99 Å². The molecule has 0 amide bonds. The van der Waals surface area contributed by atoms with E-state index in [2.05, 4.69) is 48.1 Å². The number of rotatable bonds is 8. The van der Waals surface area contributed by atoms with Gasteiger partial charge in [0.05, 0.1) is 6.54 Å². The van der Waals surface area contributed by atoms with Gasteiger partial charge in [0.15, 0.2) is 5.96 Å². The number of nitrogens with one attached hydrogen (secondary N) is 2. The quantitative estimate of drug-likeness (QED) is 0.346. The molecule has 1 atom stereocenters. The van der Waals surface area contributed by atoms with E-state index in [0.717, 1.165) is 44.7 Å². The van der Waals surface area contributed by atoms with Gasteiger partial charge in [0.1, 0.15) is 0 Å². The van der Waals surface area contributed by atoms with Crippen molar-refractivity contribution >= 4 is 41.7 Å². The van der Waals surface area contributed by atoms with Crippen LogP contribution in [0.25, 0.3) is 0 Å². The highest BCUT2D eigenvalue weighted by atomic mass is 127. The highest BCUT2D eigenvalue weighted by Gasteiger charge is 2.29. The van der Waals surface area contributed by atoms with Gasteiger partial charge in [-0.05, 0) is 51.8 Å². The summed E-state index contributed by atoms with van der Waals surface area (Å²) in [6, 6.07) is 0.852. The number of likely N-dealkylation sites (N-methyl/N-ethyl adjacent to an activating group) is 1. The summed E-state index contributed by atoms with van der Waals surface area (Å²) in [6.45, 7) is 11.9. The van der Waals surface area contributed by atoms with Crippen LogP contribution in [-0.4, -0.2) is 60.1 Å². The van der Waals surface area contributed by atoms with E-state index in [1.165, 1.54) is 31.4 Å². The topological polar surface area (TPSA) is 39.7 Å². The Labute approximate surface area is 157 Å². The predicted octanol–water partition coefficient (Wildman–Crippen LogP) is 2.93. The second kappa shape index (κ2) is 10.2. The molecule has 1 saturated carbocycles. The Balaban J connectivity index is 0.00000242. The number of guanidine groups is 1. The molecule has 0 spiro atoms. The summed E-state index contributed by atoms with van der Waals surface area (Å²) in [4.78, 5) is 7.38. The molecule has 1 aliphatic carbocycles. The molecular formula is C16H33IN4S. The molecule has 4 nitrogen and oxygen atoms in total. The molecule has 6 heteroatoms. The van der Waals surface area contributed by atoms with Crippen LogP contribution >= 0.6 is 35.7 Å². The molecular weight excluding hydrogens is 407 g/mol. The largest absolute Gasteiger partial charge is 0.357 e. The lowest BCUT2D eigenvalue weighted by Gasteiger charge is -2.22. The number of hydrogen-bond donors (Lipinski definition) is 2. The standard InChI is InChI=1S/C16H32N4S.HI/c1-4-17-15(19-13-16(3)9-6-12-21-16)18-10-11-20(5-2)14-7-8-14;/h14H,4-13H2,1-3H3,(H2,17,18,19);1H. The molecule has 22 heavy (non-hydrogen) atoms. The third-order valence-electron chi connectivity index (χ3n) is 4.38. The van der Waals surface area contributed by atoms with Crippen LogP contribution < -0.4 is 10.6 Å². The summed E-state index contributed by atoms with van der Waals surface area (Å²) in [5.41, 5.74) is 0. The van der Waals surface area contributed by atoms with Crippen LogP contribution in [0.1, 0.15) is 46.5 Å². The van der Waals surface area contributed by atoms with E-state index >= 15 is 0 Å². The van der Waals surface area contributed by atoms with Crippen molar-refractivity contribution in [3.8, 4) is 0 Å². The lowest BCUT2D eigenvalue weighted by atomic mass is 10.1. The normalized spacial score (nSPS) is 25.2. The van der Waals surface area contributed by atoms with Gasteiger partial charge < -0.3 is 10.6 Å². The summed E-state index contributed by atoms with van der Waals surface area (Å²) < 4.78 is 0.353. The van der Waals surface area contributed by atoms with Gasteiger partial charge in [-0.15, -0.1) is 24.0 Å². The summed E-state index contributed by atoms with van der Waals surface area (Å²) in [6.07, 6.45) is 5.41. The third-order valence-corrected chi connectivity index (χ3v) is 5.90. The predicted molar refractivity (Wildman–Crippen MR) is 110 cm³/mol. The highest BCUT2D eigenvalue weighted by Crippen LogP contribution is 2.37. The van der Waals surface area contributed by atoms with Crippen molar-refractivity contribution in [3.05, 3.63) is 0 Å². The van der Waals surface area contributed by atoms with Crippen molar-refractivity contribution < 1.29 is 0 Å². The monoisotopic (exact) mass is 440 g/mol. The minimum Gasteiger partial charge on any atom is -0.357 e. The molecule has 1 aliphatic heterocycles. The molecule has 0 radical (unpaired) electrons. The van der Waals surface area contributed by atoms with Crippen LogP contribution in [0, 0.1) is 0 Å². The maximum Gasteiger partial charge on any atom is 0.191 e. The number of halogens is 1. The summed E-state index contributed by atoms with van der Waals surface area (Å²) in [5, 5.41) is 6.87. The molecule has 2 aliphatic rings. The van der Waals surface area contributed by atoms with Crippen molar-refractivity contribution in [2.24, 2.45) is 4.99 Å². The van der Waals surface area contributed by atoms with Gasteiger partial charge in [-0.25, -0.2) is 0 Å². The van der Waals surface area contributed by atoms with Gasteiger partial charge in [-0.2, -0.15) is 11.8 Å². The van der Waals surface area contributed by atoms with Gasteiger partial charge in [0, 0.05) is 30.4 Å². The molecule has 2 rings (SSSR count). The minimum atomic E-state index is 0. The number of aliphatic imine (C=N–C) groups is 1. The Kier molecular flexibility index (Phi) is 9.47. The van der Waals surface area contributed by atoms with E-state index in [0.29, 0.717) is 4.75 Å². The molecule has 1 unspecified atom stereocenters. The van der Waals surface area contributed by atoms with Gasteiger partial charge in [0.2, 0.25) is 0 Å². The van der Waals surface area contributed by atoms with Gasteiger partial charge >= 0.3 is 0 Å². The number of thioether (sulfide) groups is 1. The maximum atomic E-state index is 4.81. The highest BCUT2D eigenvalue weighted by molar-refractivity contribution is 14.0. The fraction of sp³-hybridized carbons (Fsp3) is 0.938. The summed E-state index contributed by atoms with van der Waals surface area (Å²) >= 11 is 2.08. The molecule has 0 aromatic rings. The van der Waals surface area contributed by atoms with E-state index < -0.39 is 0 Å². The Morgan fingerprint density at radius 3 is 2.64 bits per heavy atom. The molecule has 2 fully saturated rings. The molecule has 130 valence electrons. The zero-order valence-electron chi connectivity index (χ0n) is 14.4. The minimum absolute atomic E-state index is 0. The fourth-order valence-corrected chi connectivity index (χ4v) is 4.13. The van der Waals surface area contributed by atoms with Crippen molar-refractivity contribution in [1.29, 1.82) is 0 Å². The SMILES string of the molecule is CCNC(=NCC1(C)CCCS1)NCCN(CC)C1CC1.I. The first-order valence-corrected chi connectivity index (χ1v) is 9.55. The average Bonchev–Trinajstić information content (AvgIpc) is 3.23. The smallest absolute Gasteiger partial charge is 0.191 e. The zero-order valence-corrected chi connectivity index (χ0v) is 17.5. The lowest BCUT2D eigenvalue weighted by molar-refractivity contribution is 0.282. The first-order valence-electron chi connectivity index (χ1n) is 8.57. The van der Waals surface area contributed by atoms with Crippen LogP contribution in [0.2, 0.25) is 0 Å². The molecule has 1 heterocycles. The Morgan fingerprint density at radius 2 is 2.09 bits per heavy atom. The second-order valence-electron chi connectivity index (χ2n) is 6.38. The van der Waals surface area contributed by atoms with Crippen LogP contribution in [-0.2, 0) is 0 Å². The first-order chi connectivity index (χ1) is 10.2. The van der Waals surface area contributed by atoms with Crippen LogP contribution in [0.5, 0.6) is 0 Å². The van der Waals surface area contributed by atoms with Crippen molar-refractivity contribution in [2.45, 2.75) is 57.2 Å². The zero-order chi connectivity index (χ0) is 15.1. The van der Waals surface area contributed by atoms with E-state index in [9.17, 15) is 0 Å². The van der Waals surface area contributed by atoms with Crippen molar-refractivity contribution in [3.63, 3.8) is 0 Å². The molecule has 0 aromatic heterocycles. The first kappa shape index (κ1) is 20.4. The van der Waals surface area contributed by atoms with Crippen LogP contribution in [0.3, 0.4) is 0 Å². The van der Waals surface area contributed by atoms with E-state index in [1.807, 2.05) is 0 Å². The summed E-state index contributed by atoms with van der Waals surface area (Å²) in [5.74, 6) is 2.28. The maximum absolute atomic E-state index is 4.81. The molecule has 0 bridgehead atoms. The number of nitrogens with zero attached hydrogens (tertiary/aromatic N) is 2. The Morgan fingerprint density at radius 1 is 1.32 bits per heavy atom. The van der Waals surface area contributed by atoms with Crippen molar-refractivity contribution in [1.82, 2.24) is 15.5 Å². The summed E-state index contributed by atoms with van der Waals surface area (Å²) in [7, 11) is 0. The Hall–Kier alpha value is 0.310. The van der Waals surface area contributed by atoms with Gasteiger partial charge in [-0.1, -0.05) is 6.92 Å². The van der Waals surface area contributed by atoms with Crippen LogP contribution in [0.4, 0.5) is 0 Å².